The number of amides is 1. The first-order valence-electron chi connectivity index (χ1n) is 5.48. The number of carbonyl (C=O) groups is 1. The van der Waals surface area contributed by atoms with Crippen LogP contribution in [0.15, 0.2) is 18.2 Å². The van der Waals surface area contributed by atoms with Crippen LogP contribution in [-0.4, -0.2) is 39.8 Å². The van der Waals surface area contributed by atoms with Gasteiger partial charge in [0.05, 0.1) is 18.0 Å². The third kappa shape index (κ3) is 3.87. The Morgan fingerprint density at radius 2 is 2.22 bits per heavy atom. The zero-order valence-electron chi connectivity index (χ0n) is 10.7. The molecule has 1 atom stereocenters. The van der Waals surface area contributed by atoms with E-state index < -0.39 is 6.04 Å². The molecule has 0 spiro atoms. The highest BCUT2D eigenvalue weighted by Gasteiger charge is 2.15. The molecule has 0 fully saturated rings. The zero-order chi connectivity index (χ0) is 13.7. The maximum atomic E-state index is 11.8. The summed E-state index contributed by atoms with van der Waals surface area (Å²) in [5, 5.41) is 3.30. The van der Waals surface area contributed by atoms with Gasteiger partial charge in [-0.25, -0.2) is 0 Å². The average Bonchev–Trinajstić information content (AvgIpc) is 2.28. The molecule has 0 aliphatic rings. The van der Waals surface area contributed by atoms with E-state index in [2.05, 4.69) is 5.32 Å². The predicted molar refractivity (Wildman–Crippen MR) is 74.3 cm³/mol. The molecule has 0 aromatic heterocycles. The van der Waals surface area contributed by atoms with E-state index >= 15 is 0 Å². The number of hydrogen-bond acceptors (Lipinski definition) is 4. The van der Waals surface area contributed by atoms with E-state index in [0.29, 0.717) is 10.7 Å². The lowest BCUT2D eigenvalue weighted by molar-refractivity contribution is -0.118. The van der Waals surface area contributed by atoms with E-state index in [9.17, 15) is 4.79 Å². The minimum Gasteiger partial charge on any atom is -0.383 e. The Labute approximate surface area is 112 Å². The van der Waals surface area contributed by atoms with Crippen LogP contribution in [0.3, 0.4) is 0 Å². The average molecular weight is 272 g/mol. The van der Waals surface area contributed by atoms with Gasteiger partial charge in [-0.05, 0) is 18.2 Å². The second-order valence-corrected chi connectivity index (χ2v) is 4.54. The molecule has 1 aromatic carbocycles. The Balaban J connectivity index is 2.89. The SMILES string of the molecule is COCC(N)C(=O)Nc1cc(Cl)ccc1N(C)C. The number of benzene rings is 1. The van der Waals surface area contributed by atoms with E-state index in [0.717, 1.165) is 5.69 Å². The molecule has 0 aliphatic heterocycles. The molecular formula is C12H18ClN3O2. The number of nitrogens with zero attached hydrogens (tertiary/aromatic N) is 1. The minimum atomic E-state index is -0.705. The predicted octanol–water partition coefficient (Wildman–Crippen LogP) is 1.32. The van der Waals surface area contributed by atoms with Gasteiger partial charge >= 0.3 is 0 Å². The Hall–Kier alpha value is -1.30. The summed E-state index contributed by atoms with van der Waals surface area (Å²) in [6, 6.07) is 4.58. The molecule has 6 heteroatoms. The Kier molecular flexibility index (Phi) is 5.40. The zero-order valence-corrected chi connectivity index (χ0v) is 11.5. The Morgan fingerprint density at radius 3 is 2.78 bits per heavy atom. The van der Waals surface area contributed by atoms with Gasteiger partial charge in [-0.2, -0.15) is 0 Å². The molecule has 18 heavy (non-hydrogen) atoms. The van der Waals surface area contributed by atoms with E-state index in [-0.39, 0.29) is 12.5 Å². The van der Waals surface area contributed by atoms with Crippen molar-refractivity contribution in [3.8, 4) is 0 Å². The van der Waals surface area contributed by atoms with Crippen LogP contribution in [-0.2, 0) is 9.53 Å². The molecule has 5 nitrogen and oxygen atoms in total. The fourth-order valence-corrected chi connectivity index (χ4v) is 1.65. The van der Waals surface area contributed by atoms with Crippen molar-refractivity contribution >= 4 is 28.9 Å². The molecule has 100 valence electrons. The summed E-state index contributed by atoms with van der Waals surface area (Å²) >= 11 is 5.92. The molecule has 0 saturated heterocycles. The summed E-state index contributed by atoms with van der Waals surface area (Å²) in [5.41, 5.74) is 7.14. The van der Waals surface area contributed by atoms with Crippen molar-refractivity contribution in [1.82, 2.24) is 0 Å². The highest BCUT2D eigenvalue weighted by atomic mass is 35.5. The first kappa shape index (κ1) is 14.8. The van der Waals surface area contributed by atoms with E-state index in [1.807, 2.05) is 25.1 Å². The highest BCUT2D eigenvalue weighted by Crippen LogP contribution is 2.27. The topological polar surface area (TPSA) is 67.6 Å². The molecule has 0 aliphatic carbocycles. The number of rotatable bonds is 5. The summed E-state index contributed by atoms with van der Waals surface area (Å²) in [5.74, 6) is -0.304. The van der Waals surface area contributed by atoms with Gasteiger partial charge in [0.1, 0.15) is 6.04 Å². The van der Waals surface area contributed by atoms with Crippen LogP contribution in [0.5, 0.6) is 0 Å². The lowest BCUT2D eigenvalue weighted by Gasteiger charge is -2.19. The van der Waals surface area contributed by atoms with Gasteiger partial charge in [-0.3, -0.25) is 4.79 Å². The lowest BCUT2D eigenvalue weighted by Crippen LogP contribution is -2.39. The van der Waals surface area contributed by atoms with Gasteiger partial charge in [0.25, 0.3) is 0 Å². The van der Waals surface area contributed by atoms with Crippen molar-refractivity contribution in [2.24, 2.45) is 5.73 Å². The summed E-state index contributed by atoms with van der Waals surface area (Å²) < 4.78 is 4.84. The number of ether oxygens (including phenoxy) is 1. The third-order valence-corrected chi connectivity index (χ3v) is 2.62. The molecule has 1 unspecified atom stereocenters. The van der Waals surface area contributed by atoms with Crippen LogP contribution >= 0.6 is 11.6 Å². The second kappa shape index (κ2) is 6.58. The fraction of sp³-hybridized carbons (Fsp3) is 0.417. The van der Waals surface area contributed by atoms with Crippen LogP contribution in [0.2, 0.25) is 5.02 Å². The maximum absolute atomic E-state index is 11.8. The summed E-state index contributed by atoms with van der Waals surface area (Å²) in [6.45, 7) is 0.170. The lowest BCUT2D eigenvalue weighted by atomic mass is 10.2. The van der Waals surface area contributed by atoms with Crippen LogP contribution in [0, 0.1) is 0 Å². The number of halogens is 1. The van der Waals surface area contributed by atoms with Gasteiger partial charge in [-0.1, -0.05) is 11.6 Å². The summed E-state index contributed by atoms with van der Waals surface area (Å²) in [7, 11) is 5.26. The molecule has 1 aromatic rings. The quantitative estimate of drug-likeness (QED) is 0.848. The normalized spacial score (nSPS) is 12.1. The van der Waals surface area contributed by atoms with Crippen molar-refractivity contribution in [3.63, 3.8) is 0 Å². The van der Waals surface area contributed by atoms with Gasteiger partial charge < -0.3 is 20.7 Å². The third-order valence-electron chi connectivity index (χ3n) is 2.38. The van der Waals surface area contributed by atoms with Gasteiger partial charge in [-0.15, -0.1) is 0 Å². The highest BCUT2D eigenvalue weighted by molar-refractivity contribution is 6.31. The van der Waals surface area contributed by atoms with E-state index in [4.69, 9.17) is 22.1 Å². The number of nitrogens with one attached hydrogen (secondary N) is 1. The molecule has 1 rings (SSSR count). The standard InChI is InChI=1S/C12H18ClN3O2/c1-16(2)11-5-4-8(13)6-10(11)15-12(17)9(14)7-18-3/h4-6,9H,7,14H2,1-3H3,(H,15,17). The molecule has 0 bridgehead atoms. The Morgan fingerprint density at radius 1 is 1.56 bits per heavy atom. The van der Waals surface area contributed by atoms with Crippen molar-refractivity contribution in [3.05, 3.63) is 23.2 Å². The second-order valence-electron chi connectivity index (χ2n) is 4.11. The fourth-order valence-electron chi connectivity index (χ4n) is 1.48. The summed E-state index contributed by atoms with van der Waals surface area (Å²) in [4.78, 5) is 13.7. The van der Waals surface area contributed by atoms with Crippen LogP contribution in [0.1, 0.15) is 0 Å². The number of anilines is 2. The van der Waals surface area contributed by atoms with Gasteiger partial charge in [0, 0.05) is 26.2 Å². The summed E-state index contributed by atoms with van der Waals surface area (Å²) in [6.07, 6.45) is 0. The van der Waals surface area contributed by atoms with Gasteiger partial charge in [0.2, 0.25) is 5.91 Å². The molecule has 0 saturated carbocycles. The van der Waals surface area contributed by atoms with Crippen LogP contribution in [0.4, 0.5) is 11.4 Å². The van der Waals surface area contributed by atoms with E-state index in [1.165, 1.54) is 7.11 Å². The van der Waals surface area contributed by atoms with Crippen LogP contribution in [0.25, 0.3) is 0 Å². The van der Waals surface area contributed by atoms with Crippen molar-refractivity contribution in [1.29, 1.82) is 0 Å². The smallest absolute Gasteiger partial charge is 0.243 e. The van der Waals surface area contributed by atoms with Crippen LogP contribution < -0.4 is 16.0 Å². The molecule has 1 amide bonds. The first-order valence-corrected chi connectivity index (χ1v) is 5.85. The number of carbonyl (C=O) groups excluding carboxylic acids is 1. The van der Waals surface area contributed by atoms with Crippen molar-refractivity contribution in [2.45, 2.75) is 6.04 Å². The van der Waals surface area contributed by atoms with Gasteiger partial charge in [0.15, 0.2) is 0 Å². The van der Waals surface area contributed by atoms with Crippen molar-refractivity contribution in [2.75, 3.05) is 38.0 Å². The minimum absolute atomic E-state index is 0.170. The monoisotopic (exact) mass is 271 g/mol. The van der Waals surface area contributed by atoms with E-state index in [1.54, 1.807) is 12.1 Å². The van der Waals surface area contributed by atoms with Crippen molar-refractivity contribution < 1.29 is 9.53 Å². The number of methoxy groups -OCH3 is 1. The number of hydrogen-bond donors (Lipinski definition) is 2. The Bertz CT molecular complexity index is 424. The molecular weight excluding hydrogens is 254 g/mol. The maximum Gasteiger partial charge on any atom is 0.243 e. The first-order chi connectivity index (χ1) is 8.45. The number of nitrogens with two attached hydrogens (primary N) is 1. The molecule has 0 radical (unpaired) electrons. The molecule has 0 heterocycles. The largest absolute Gasteiger partial charge is 0.383 e. The molecule has 3 N–H and O–H groups in total.